The van der Waals surface area contributed by atoms with Gasteiger partial charge in [0.2, 0.25) is 0 Å². The monoisotopic (exact) mass is 493 g/mol. The normalized spacial score (nSPS) is 45.1. The van der Waals surface area contributed by atoms with Crippen molar-refractivity contribution in [2.24, 2.45) is 28.6 Å². The van der Waals surface area contributed by atoms with Crippen LogP contribution in [0.1, 0.15) is 99.3 Å². The highest BCUT2D eigenvalue weighted by atomic mass is 16.7. The minimum absolute atomic E-state index is 0.163. The maximum atomic E-state index is 12.9. The van der Waals surface area contributed by atoms with Crippen LogP contribution in [0, 0.1) is 28.6 Å². The molecular formula is C28H47NO6. The number of carbonyl (C=O) groups is 2. The average molecular weight is 494 g/mol. The van der Waals surface area contributed by atoms with Crippen molar-refractivity contribution >= 4 is 12.4 Å². The average Bonchev–Trinajstić information content (AvgIpc) is 3.02. The van der Waals surface area contributed by atoms with E-state index in [1.54, 1.807) is 0 Å². The number of ether oxygens (including phenoxy) is 3. The van der Waals surface area contributed by atoms with E-state index in [-0.39, 0.29) is 24.2 Å². The topological polar surface area (TPSA) is 94.1 Å². The maximum Gasteiger partial charge on any atom is 0.408 e. The number of nitrogens with one attached hydrogen (secondary N) is 1. The van der Waals surface area contributed by atoms with Gasteiger partial charge in [-0.1, -0.05) is 13.8 Å². The molecule has 0 spiro atoms. The molecule has 4 saturated carbocycles. The van der Waals surface area contributed by atoms with Crippen LogP contribution in [0.15, 0.2) is 0 Å². The maximum absolute atomic E-state index is 12.9. The third-order valence-electron chi connectivity index (χ3n) is 10.6. The molecule has 0 bridgehead atoms. The number of aliphatic hydroxyl groups excluding tert-OH is 1. The lowest BCUT2D eigenvalue weighted by molar-refractivity contribution is -0.262. The van der Waals surface area contributed by atoms with Crippen LogP contribution in [0.2, 0.25) is 0 Å². The van der Waals surface area contributed by atoms with Crippen LogP contribution in [0.4, 0.5) is 4.79 Å². The second kappa shape index (κ2) is 9.29. The van der Waals surface area contributed by atoms with Crippen molar-refractivity contribution in [3.05, 3.63) is 0 Å². The lowest BCUT2D eigenvalue weighted by Crippen LogP contribution is -2.70. The Labute approximate surface area is 211 Å². The first-order valence-corrected chi connectivity index (χ1v) is 13.7. The predicted molar refractivity (Wildman–Crippen MR) is 133 cm³/mol. The Morgan fingerprint density at radius 1 is 1.06 bits per heavy atom. The smallest absolute Gasteiger partial charge is 0.408 e. The van der Waals surface area contributed by atoms with Crippen molar-refractivity contribution in [3.8, 4) is 0 Å². The number of aliphatic hydroxyl groups is 1. The van der Waals surface area contributed by atoms with Crippen LogP contribution in [-0.2, 0) is 19.0 Å². The second-order valence-corrected chi connectivity index (χ2v) is 13.2. The highest BCUT2D eigenvalue weighted by Gasteiger charge is 2.73. The van der Waals surface area contributed by atoms with Crippen molar-refractivity contribution in [1.82, 2.24) is 5.32 Å². The van der Waals surface area contributed by atoms with E-state index in [1.807, 2.05) is 27.7 Å². The van der Waals surface area contributed by atoms with Gasteiger partial charge in [-0.05, 0) is 109 Å². The van der Waals surface area contributed by atoms with Crippen molar-refractivity contribution in [1.29, 1.82) is 0 Å². The van der Waals surface area contributed by atoms with E-state index in [0.29, 0.717) is 31.3 Å². The summed E-state index contributed by atoms with van der Waals surface area (Å²) in [4.78, 5) is 25.8. The van der Waals surface area contributed by atoms with E-state index in [4.69, 9.17) is 14.2 Å². The number of rotatable bonds is 6. The van der Waals surface area contributed by atoms with Gasteiger partial charge in [0, 0.05) is 12.0 Å². The Hall–Kier alpha value is -1.18. The van der Waals surface area contributed by atoms with Crippen LogP contribution in [0.25, 0.3) is 0 Å². The van der Waals surface area contributed by atoms with E-state index >= 15 is 0 Å². The van der Waals surface area contributed by atoms with Crippen LogP contribution in [-0.4, -0.2) is 53.7 Å². The number of fused-ring (bicyclic) bond motifs is 5. The van der Waals surface area contributed by atoms with Crippen LogP contribution >= 0.6 is 0 Å². The Morgan fingerprint density at radius 3 is 2.46 bits per heavy atom. The van der Waals surface area contributed by atoms with Crippen molar-refractivity contribution in [2.75, 3.05) is 13.4 Å². The molecule has 2 N–H and O–H groups in total. The van der Waals surface area contributed by atoms with Gasteiger partial charge in [-0.2, -0.15) is 0 Å². The van der Waals surface area contributed by atoms with E-state index in [2.05, 4.69) is 19.2 Å². The van der Waals surface area contributed by atoms with Gasteiger partial charge in [-0.25, -0.2) is 4.79 Å². The van der Waals surface area contributed by atoms with Gasteiger partial charge in [-0.15, -0.1) is 0 Å². The molecule has 7 heteroatoms. The lowest BCUT2D eigenvalue weighted by Gasteiger charge is -2.65. The molecule has 0 aromatic heterocycles. The fourth-order valence-electron chi connectivity index (χ4n) is 8.72. The fourth-order valence-corrected chi connectivity index (χ4v) is 8.72. The number of hydrogen-bond acceptors (Lipinski definition) is 6. The molecule has 0 aromatic rings. The van der Waals surface area contributed by atoms with Gasteiger partial charge in [0.1, 0.15) is 24.2 Å². The summed E-state index contributed by atoms with van der Waals surface area (Å²) in [6.07, 6.45) is 8.10. The first kappa shape index (κ1) is 26.9. The van der Waals surface area contributed by atoms with Crippen LogP contribution in [0.5, 0.6) is 0 Å². The number of hydrogen-bond donors (Lipinski definition) is 2. The molecule has 0 aliphatic heterocycles. The van der Waals surface area contributed by atoms with Crippen molar-refractivity contribution in [3.63, 3.8) is 0 Å². The fraction of sp³-hybridized carbons (Fsp3) is 0.929. The highest BCUT2D eigenvalue weighted by molar-refractivity contribution is 5.78. The Morgan fingerprint density at radius 2 is 1.80 bits per heavy atom. The summed E-state index contributed by atoms with van der Waals surface area (Å²) >= 11 is 0. The van der Waals surface area contributed by atoms with Gasteiger partial charge >= 0.3 is 6.09 Å². The molecule has 8 atom stereocenters. The number of alkyl carbamates (subject to hydrolysis) is 1. The predicted octanol–water partition coefficient (Wildman–Crippen LogP) is 4.99. The molecule has 4 aliphatic carbocycles. The van der Waals surface area contributed by atoms with Gasteiger partial charge in [-0.3, -0.25) is 0 Å². The van der Waals surface area contributed by atoms with Gasteiger partial charge < -0.3 is 29.4 Å². The molecule has 4 aliphatic rings. The van der Waals surface area contributed by atoms with Crippen LogP contribution < -0.4 is 5.32 Å². The molecule has 7 nitrogen and oxygen atoms in total. The summed E-state index contributed by atoms with van der Waals surface area (Å²) in [6, 6.07) is 0. The van der Waals surface area contributed by atoms with Crippen molar-refractivity contribution < 1.29 is 28.9 Å². The molecule has 0 aromatic carbocycles. The summed E-state index contributed by atoms with van der Waals surface area (Å²) in [7, 11) is 0. The van der Waals surface area contributed by atoms with Gasteiger partial charge in [0.25, 0.3) is 0 Å². The molecule has 0 unspecified atom stereocenters. The van der Waals surface area contributed by atoms with Gasteiger partial charge in [0.15, 0.2) is 0 Å². The Balaban J connectivity index is 1.70. The Kier molecular flexibility index (Phi) is 7.13. The minimum Gasteiger partial charge on any atom is -0.444 e. The minimum atomic E-state index is -1.05. The quantitative estimate of drug-likeness (QED) is 0.308. The zero-order chi connectivity index (χ0) is 25.7. The summed E-state index contributed by atoms with van der Waals surface area (Å²) in [5.41, 5.74) is -2.67. The summed E-state index contributed by atoms with van der Waals surface area (Å²) in [5.74, 6) is 1.27. The standard InChI is InChI=1S/C28H47NO6/c1-7-33-18-34-28-15-14-27(17-30,29-23(32)35-24(2,3)4)26(28,6)13-11-21-22(28)9-8-19-16-20(31)10-12-25(19,21)5/h17,19-22,31H,7-16,18H2,1-6H3,(H,29,32)/t19-,20+,21+,22-,25+,26-,27+,28+/m1/s1. The van der Waals surface area contributed by atoms with E-state index < -0.39 is 28.2 Å². The molecule has 0 radical (unpaired) electrons. The summed E-state index contributed by atoms with van der Waals surface area (Å²) < 4.78 is 18.1. The zero-order valence-electron chi connectivity index (χ0n) is 22.7. The molecule has 0 saturated heterocycles. The molecular weight excluding hydrogens is 446 g/mol. The number of carbonyl (C=O) groups excluding carboxylic acids is 2. The molecule has 4 rings (SSSR count). The zero-order valence-corrected chi connectivity index (χ0v) is 22.7. The SMILES string of the molecule is CCOCO[C@]12CC[C@@](C=O)(NC(=O)OC(C)(C)C)[C@@]1(C)CC[C@H]1[C@H]2CC[C@@H]2C[C@@H](O)CC[C@@]21C. The first-order valence-electron chi connectivity index (χ1n) is 13.7. The molecule has 4 fully saturated rings. The van der Waals surface area contributed by atoms with Crippen molar-refractivity contribution in [2.45, 2.75) is 122 Å². The van der Waals surface area contributed by atoms with E-state index in [9.17, 15) is 14.7 Å². The second-order valence-electron chi connectivity index (χ2n) is 13.2. The molecule has 35 heavy (non-hydrogen) atoms. The number of amides is 1. The third-order valence-corrected chi connectivity index (χ3v) is 10.6. The molecule has 1 amide bonds. The summed E-state index contributed by atoms with van der Waals surface area (Å²) in [5, 5.41) is 13.4. The largest absolute Gasteiger partial charge is 0.444 e. The molecule has 0 heterocycles. The van der Waals surface area contributed by atoms with E-state index in [1.165, 1.54) is 0 Å². The summed E-state index contributed by atoms with van der Waals surface area (Å²) in [6.45, 7) is 12.8. The number of aldehydes is 1. The molecule has 200 valence electrons. The lowest BCUT2D eigenvalue weighted by atomic mass is 9.42. The highest BCUT2D eigenvalue weighted by Crippen LogP contribution is 2.70. The Bertz CT molecular complexity index is 812. The first-order chi connectivity index (χ1) is 16.4. The van der Waals surface area contributed by atoms with Crippen LogP contribution in [0.3, 0.4) is 0 Å². The van der Waals surface area contributed by atoms with Gasteiger partial charge in [0.05, 0.1) is 11.7 Å². The van der Waals surface area contributed by atoms with E-state index in [0.717, 1.165) is 51.2 Å². The third kappa shape index (κ3) is 4.23.